The van der Waals surface area contributed by atoms with E-state index < -0.39 is 21.7 Å². The molecule has 0 radical (unpaired) electrons. The average molecular weight is 511 g/mol. The van der Waals surface area contributed by atoms with Gasteiger partial charge in [0.1, 0.15) is 5.70 Å². The minimum Gasteiger partial charge on any atom is -0.320 e. The molecule has 0 spiro atoms. The number of carbonyl (C=O) groups is 2. The van der Waals surface area contributed by atoms with Crippen molar-refractivity contribution in [1.82, 2.24) is 5.32 Å². The van der Waals surface area contributed by atoms with Gasteiger partial charge >= 0.3 is 0 Å². The van der Waals surface area contributed by atoms with Crippen molar-refractivity contribution in [3.8, 4) is 0 Å². The van der Waals surface area contributed by atoms with Gasteiger partial charge in [0.2, 0.25) is 0 Å². The van der Waals surface area contributed by atoms with E-state index in [4.69, 9.17) is 0 Å². The first-order chi connectivity index (χ1) is 15.7. The number of benzene rings is 3. The second-order valence-electron chi connectivity index (χ2n) is 6.61. The standard InChI is InChI=1S/C22H15BrN4O6/c23-19-10-2-1-9-18(19)21(28)25-20(12-14-5-3-7-16(11-14)26(30)31)22(29)24-15-6-4-8-17(13-15)27(32)33/h1-13H,(H,24,29)(H,25,28). The van der Waals surface area contributed by atoms with Gasteiger partial charge in [0, 0.05) is 34.4 Å². The Bertz CT molecular complexity index is 1290. The highest BCUT2D eigenvalue weighted by molar-refractivity contribution is 9.10. The molecule has 2 N–H and O–H groups in total. The molecule has 166 valence electrons. The minimum atomic E-state index is -0.776. The predicted molar refractivity (Wildman–Crippen MR) is 124 cm³/mol. The lowest BCUT2D eigenvalue weighted by Gasteiger charge is -2.12. The lowest BCUT2D eigenvalue weighted by atomic mass is 10.1. The van der Waals surface area contributed by atoms with Gasteiger partial charge in [-0.05, 0) is 45.8 Å². The monoisotopic (exact) mass is 510 g/mol. The van der Waals surface area contributed by atoms with E-state index in [2.05, 4.69) is 26.6 Å². The Hall–Kier alpha value is -4.38. The third kappa shape index (κ3) is 6.08. The van der Waals surface area contributed by atoms with E-state index in [0.29, 0.717) is 10.0 Å². The lowest BCUT2D eigenvalue weighted by Crippen LogP contribution is -2.31. The number of nitrogens with zero attached hydrogens (tertiary/aromatic N) is 2. The Morgan fingerprint density at radius 1 is 0.848 bits per heavy atom. The molecule has 10 nitrogen and oxygen atoms in total. The highest BCUT2D eigenvalue weighted by Crippen LogP contribution is 2.20. The molecule has 0 unspecified atom stereocenters. The SMILES string of the molecule is O=C(Nc1cccc([N+](=O)[O-])c1)C(=Cc1cccc([N+](=O)[O-])c1)NC(=O)c1ccccc1Br. The Morgan fingerprint density at radius 2 is 1.48 bits per heavy atom. The number of nitro groups is 2. The topological polar surface area (TPSA) is 144 Å². The molecule has 3 aromatic carbocycles. The second kappa shape index (κ2) is 10.3. The highest BCUT2D eigenvalue weighted by Gasteiger charge is 2.18. The Kier molecular flexibility index (Phi) is 7.26. The van der Waals surface area contributed by atoms with Crippen LogP contribution in [0.2, 0.25) is 0 Å². The van der Waals surface area contributed by atoms with Gasteiger partial charge in [0.15, 0.2) is 0 Å². The van der Waals surface area contributed by atoms with Crippen molar-refractivity contribution in [3.63, 3.8) is 0 Å². The Labute approximate surface area is 195 Å². The molecule has 0 atom stereocenters. The van der Waals surface area contributed by atoms with E-state index in [0.717, 1.165) is 0 Å². The van der Waals surface area contributed by atoms with Crippen molar-refractivity contribution in [3.05, 3.63) is 114 Å². The molecule has 0 bridgehead atoms. The molecule has 0 aliphatic carbocycles. The molecule has 0 saturated carbocycles. The molecular weight excluding hydrogens is 496 g/mol. The zero-order chi connectivity index (χ0) is 24.0. The van der Waals surface area contributed by atoms with Crippen LogP contribution in [-0.2, 0) is 4.79 Å². The molecule has 0 aliphatic heterocycles. The van der Waals surface area contributed by atoms with Crippen LogP contribution in [0.3, 0.4) is 0 Å². The van der Waals surface area contributed by atoms with Gasteiger partial charge < -0.3 is 10.6 Å². The van der Waals surface area contributed by atoms with E-state index in [1.807, 2.05) is 0 Å². The highest BCUT2D eigenvalue weighted by atomic mass is 79.9. The fourth-order valence-electron chi connectivity index (χ4n) is 2.78. The maximum atomic E-state index is 13.0. The molecule has 0 saturated heterocycles. The minimum absolute atomic E-state index is 0.134. The van der Waals surface area contributed by atoms with Crippen LogP contribution in [0.4, 0.5) is 17.1 Å². The van der Waals surface area contributed by atoms with Crippen molar-refractivity contribution in [2.24, 2.45) is 0 Å². The molecule has 0 heterocycles. The summed E-state index contributed by atoms with van der Waals surface area (Å²) in [5.41, 5.74) is 0.0389. The third-order valence-corrected chi connectivity index (χ3v) is 5.01. The Balaban J connectivity index is 1.96. The van der Waals surface area contributed by atoms with E-state index in [-0.39, 0.29) is 28.3 Å². The van der Waals surface area contributed by atoms with E-state index in [1.54, 1.807) is 24.3 Å². The van der Waals surface area contributed by atoms with Crippen LogP contribution in [0.25, 0.3) is 6.08 Å². The van der Waals surface area contributed by atoms with Crippen molar-refractivity contribution in [2.45, 2.75) is 0 Å². The Morgan fingerprint density at radius 3 is 2.15 bits per heavy atom. The molecular formula is C22H15BrN4O6. The zero-order valence-corrected chi connectivity index (χ0v) is 18.3. The molecule has 0 fully saturated rings. The van der Waals surface area contributed by atoms with Gasteiger partial charge in [-0.3, -0.25) is 29.8 Å². The van der Waals surface area contributed by atoms with Crippen molar-refractivity contribution < 1.29 is 19.4 Å². The molecule has 33 heavy (non-hydrogen) atoms. The van der Waals surface area contributed by atoms with Gasteiger partial charge in [0.25, 0.3) is 23.2 Å². The van der Waals surface area contributed by atoms with E-state index in [1.165, 1.54) is 54.6 Å². The van der Waals surface area contributed by atoms with Crippen LogP contribution in [0, 0.1) is 20.2 Å². The van der Waals surface area contributed by atoms with E-state index in [9.17, 15) is 29.8 Å². The number of anilines is 1. The van der Waals surface area contributed by atoms with Gasteiger partial charge in [-0.1, -0.05) is 30.3 Å². The number of halogens is 1. The smallest absolute Gasteiger partial charge is 0.272 e. The van der Waals surface area contributed by atoms with Gasteiger partial charge in [-0.2, -0.15) is 0 Å². The zero-order valence-electron chi connectivity index (χ0n) is 16.7. The maximum absolute atomic E-state index is 13.0. The van der Waals surface area contributed by atoms with Gasteiger partial charge in [-0.15, -0.1) is 0 Å². The summed E-state index contributed by atoms with van der Waals surface area (Å²) in [4.78, 5) is 46.6. The average Bonchev–Trinajstić information content (AvgIpc) is 2.79. The summed E-state index contributed by atoms with van der Waals surface area (Å²) in [6, 6.07) is 17.3. The molecule has 2 amide bonds. The number of non-ortho nitro benzene ring substituents is 2. The summed E-state index contributed by atoms with van der Waals surface area (Å²) in [6.45, 7) is 0. The molecule has 3 aromatic rings. The number of amides is 2. The molecule has 0 aliphatic rings. The van der Waals surface area contributed by atoms with Crippen LogP contribution < -0.4 is 10.6 Å². The van der Waals surface area contributed by atoms with Crippen molar-refractivity contribution in [1.29, 1.82) is 0 Å². The van der Waals surface area contributed by atoms with Gasteiger partial charge in [0.05, 0.1) is 15.4 Å². The van der Waals surface area contributed by atoms with Gasteiger partial charge in [-0.25, -0.2) is 0 Å². The van der Waals surface area contributed by atoms with Crippen LogP contribution in [-0.4, -0.2) is 21.7 Å². The third-order valence-electron chi connectivity index (χ3n) is 4.32. The lowest BCUT2D eigenvalue weighted by molar-refractivity contribution is -0.385. The van der Waals surface area contributed by atoms with Crippen molar-refractivity contribution in [2.75, 3.05) is 5.32 Å². The molecule has 11 heteroatoms. The first-order valence-corrected chi connectivity index (χ1v) is 10.1. The van der Waals surface area contributed by atoms with Crippen LogP contribution >= 0.6 is 15.9 Å². The summed E-state index contributed by atoms with van der Waals surface area (Å²) in [5, 5.41) is 27.1. The summed E-state index contributed by atoms with van der Waals surface area (Å²) in [5.74, 6) is -1.38. The number of nitrogens with one attached hydrogen (secondary N) is 2. The number of hydrogen-bond acceptors (Lipinski definition) is 6. The summed E-state index contributed by atoms with van der Waals surface area (Å²) in [6.07, 6.45) is 1.27. The predicted octanol–water partition coefficient (Wildman–Crippen LogP) is 4.68. The summed E-state index contributed by atoms with van der Waals surface area (Å²) >= 11 is 3.27. The fraction of sp³-hybridized carbons (Fsp3) is 0. The van der Waals surface area contributed by atoms with Crippen LogP contribution in [0.15, 0.2) is 83.0 Å². The van der Waals surface area contributed by atoms with Crippen LogP contribution in [0.5, 0.6) is 0 Å². The normalized spacial score (nSPS) is 10.9. The maximum Gasteiger partial charge on any atom is 0.272 e. The summed E-state index contributed by atoms with van der Waals surface area (Å²) in [7, 11) is 0. The molecule has 0 aromatic heterocycles. The summed E-state index contributed by atoms with van der Waals surface area (Å²) < 4.78 is 0.497. The first kappa shape index (κ1) is 23.3. The van der Waals surface area contributed by atoms with E-state index >= 15 is 0 Å². The largest absolute Gasteiger partial charge is 0.320 e. The second-order valence-corrected chi connectivity index (χ2v) is 7.46. The number of nitro benzene ring substituents is 2. The van der Waals surface area contributed by atoms with Crippen molar-refractivity contribution >= 4 is 50.9 Å². The number of rotatable bonds is 7. The molecule has 3 rings (SSSR count). The number of hydrogen-bond donors (Lipinski definition) is 2. The van der Waals surface area contributed by atoms with Crippen LogP contribution in [0.1, 0.15) is 15.9 Å². The first-order valence-electron chi connectivity index (χ1n) is 9.32. The quantitative estimate of drug-likeness (QED) is 0.268. The number of carbonyl (C=O) groups excluding carboxylic acids is 2. The fourth-order valence-corrected chi connectivity index (χ4v) is 3.25.